The average Bonchev–Trinajstić information content (AvgIpc) is 2.96. The molecular weight excluding hydrogens is 258 g/mol. The molecular formula is C18H33N3. The molecule has 0 aromatic carbocycles. The number of likely N-dealkylation sites (N-methyl/N-ethyl adjacent to an activating group) is 1. The summed E-state index contributed by atoms with van der Waals surface area (Å²) >= 11 is 0. The Morgan fingerprint density at radius 2 is 1.86 bits per heavy atom. The molecule has 0 bridgehead atoms. The van der Waals surface area contributed by atoms with Gasteiger partial charge in [0.2, 0.25) is 0 Å². The van der Waals surface area contributed by atoms with E-state index in [1.54, 1.807) is 0 Å². The summed E-state index contributed by atoms with van der Waals surface area (Å²) in [6.07, 6.45) is 6.22. The Morgan fingerprint density at radius 3 is 2.43 bits per heavy atom. The molecule has 0 aromatic rings. The zero-order valence-corrected chi connectivity index (χ0v) is 14.4. The molecule has 3 nitrogen and oxygen atoms in total. The molecule has 3 atom stereocenters. The first-order valence-electron chi connectivity index (χ1n) is 8.74. The van der Waals surface area contributed by atoms with Crippen LogP contribution in [-0.4, -0.2) is 49.1 Å². The van der Waals surface area contributed by atoms with Crippen molar-refractivity contribution in [1.82, 2.24) is 9.80 Å². The maximum absolute atomic E-state index is 9.49. The molecule has 21 heavy (non-hydrogen) atoms. The summed E-state index contributed by atoms with van der Waals surface area (Å²) in [6, 6.07) is 3.03. The first-order valence-corrected chi connectivity index (χ1v) is 8.74. The summed E-state index contributed by atoms with van der Waals surface area (Å²) in [4.78, 5) is 5.05. The average molecular weight is 291 g/mol. The maximum Gasteiger partial charge on any atom is 0.0672 e. The van der Waals surface area contributed by atoms with Crippen LogP contribution in [-0.2, 0) is 0 Å². The number of nitrogens with zero attached hydrogens (tertiary/aromatic N) is 3. The monoisotopic (exact) mass is 291 g/mol. The predicted octanol–water partition coefficient (Wildman–Crippen LogP) is 3.37. The van der Waals surface area contributed by atoms with Crippen molar-refractivity contribution in [3.05, 3.63) is 0 Å². The third-order valence-corrected chi connectivity index (χ3v) is 5.74. The van der Waals surface area contributed by atoms with E-state index in [1.807, 2.05) is 0 Å². The Morgan fingerprint density at radius 1 is 1.19 bits per heavy atom. The minimum absolute atomic E-state index is 0.229. The molecule has 2 aliphatic rings. The SMILES string of the molecule is CN(CCN1CCCC1)C1CC(C(C)(C)C)CCC1C#N. The van der Waals surface area contributed by atoms with Crippen molar-refractivity contribution < 1.29 is 0 Å². The van der Waals surface area contributed by atoms with Gasteiger partial charge in [-0.1, -0.05) is 20.8 Å². The summed E-state index contributed by atoms with van der Waals surface area (Å²) in [6.45, 7) is 11.9. The van der Waals surface area contributed by atoms with Gasteiger partial charge in [-0.05, 0) is 63.6 Å². The van der Waals surface area contributed by atoms with Crippen molar-refractivity contribution in [2.45, 2.75) is 58.9 Å². The van der Waals surface area contributed by atoms with Gasteiger partial charge in [0.15, 0.2) is 0 Å². The van der Waals surface area contributed by atoms with E-state index in [0.29, 0.717) is 11.5 Å². The predicted molar refractivity (Wildman–Crippen MR) is 88.0 cm³/mol. The minimum atomic E-state index is 0.229. The van der Waals surface area contributed by atoms with E-state index in [9.17, 15) is 5.26 Å². The summed E-state index contributed by atoms with van der Waals surface area (Å²) in [5.41, 5.74) is 0.370. The van der Waals surface area contributed by atoms with E-state index in [4.69, 9.17) is 0 Å². The van der Waals surface area contributed by atoms with Gasteiger partial charge in [0.05, 0.1) is 12.0 Å². The fourth-order valence-electron chi connectivity index (χ4n) is 4.04. The van der Waals surface area contributed by atoms with Crippen LogP contribution in [0.5, 0.6) is 0 Å². The van der Waals surface area contributed by atoms with Crippen LogP contribution in [0.1, 0.15) is 52.9 Å². The summed E-state index contributed by atoms with van der Waals surface area (Å²) in [7, 11) is 2.23. The van der Waals surface area contributed by atoms with Gasteiger partial charge in [0.1, 0.15) is 0 Å². The molecule has 1 heterocycles. The van der Waals surface area contributed by atoms with Gasteiger partial charge < -0.3 is 9.80 Å². The van der Waals surface area contributed by atoms with Crippen molar-refractivity contribution in [3.63, 3.8) is 0 Å². The molecule has 3 heteroatoms. The molecule has 1 aliphatic carbocycles. The Kier molecular flexibility index (Phi) is 5.68. The van der Waals surface area contributed by atoms with Crippen molar-refractivity contribution >= 4 is 0 Å². The maximum atomic E-state index is 9.49. The highest BCUT2D eigenvalue weighted by Gasteiger charge is 2.37. The van der Waals surface area contributed by atoms with E-state index in [-0.39, 0.29) is 5.92 Å². The fourth-order valence-corrected chi connectivity index (χ4v) is 4.04. The van der Waals surface area contributed by atoms with Crippen molar-refractivity contribution in [2.24, 2.45) is 17.3 Å². The standard InChI is InChI=1S/C18H33N3/c1-18(2,3)16-8-7-15(14-19)17(13-16)20(4)11-12-21-9-5-6-10-21/h15-17H,5-13H2,1-4H3. The van der Waals surface area contributed by atoms with Crippen LogP contribution in [0.15, 0.2) is 0 Å². The van der Waals surface area contributed by atoms with Crippen LogP contribution in [0.4, 0.5) is 0 Å². The molecule has 0 aromatic heterocycles. The lowest BCUT2D eigenvalue weighted by molar-refractivity contribution is 0.0704. The molecule has 1 saturated carbocycles. The lowest BCUT2D eigenvalue weighted by atomic mass is 9.68. The van der Waals surface area contributed by atoms with Crippen molar-refractivity contribution in [3.8, 4) is 6.07 Å². The number of hydrogen-bond acceptors (Lipinski definition) is 3. The normalized spacial score (nSPS) is 31.5. The summed E-state index contributed by atoms with van der Waals surface area (Å²) in [5.74, 6) is 0.980. The van der Waals surface area contributed by atoms with Crippen LogP contribution in [0.25, 0.3) is 0 Å². The zero-order valence-electron chi connectivity index (χ0n) is 14.4. The Bertz CT molecular complexity index is 360. The molecule has 0 amide bonds. The molecule has 1 saturated heterocycles. The van der Waals surface area contributed by atoms with Crippen molar-refractivity contribution in [2.75, 3.05) is 33.2 Å². The van der Waals surface area contributed by atoms with E-state index >= 15 is 0 Å². The van der Waals surface area contributed by atoms with Gasteiger partial charge in [0.25, 0.3) is 0 Å². The van der Waals surface area contributed by atoms with Gasteiger partial charge in [-0.3, -0.25) is 0 Å². The Hall–Kier alpha value is -0.590. The highest BCUT2D eigenvalue weighted by Crippen LogP contribution is 2.41. The number of nitriles is 1. The lowest BCUT2D eigenvalue weighted by Gasteiger charge is -2.43. The third-order valence-electron chi connectivity index (χ3n) is 5.74. The van der Waals surface area contributed by atoms with Gasteiger partial charge in [-0.15, -0.1) is 0 Å². The van der Waals surface area contributed by atoms with Crippen LogP contribution in [0, 0.1) is 28.6 Å². The largest absolute Gasteiger partial charge is 0.302 e. The van der Waals surface area contributed by atoms with E-state index in [1.165, 1.54) is 45.3 Å². The first-order chi connectivity index (χ1) is 9.91. The molecule has 120 valence electrons. The zero-order chi connectivity index (χ0) is 15.5. The topological polar surface area (TPSA) is 30.3 Å². The van der Waals surface area contributed by atoms with E-state index in [2.05, 4.69) is 43.7 Å². The molecule has 2 fully saturated rings. The number of hydrogen-bond donors (Lipinski definition) is 0. The lowest BCUT2D eigenvalue weighted by Crippen LogP contribution is -2.46. The molecule has 0 spiro atoms. The molecule has 3 unspecified atom stereocenters. The molecule has 0 N–H and O–H groups in total. The van der Waals surface area contributed by atoms with Crippen molar-refractivity contribution in [1.29, 1.82) is 5.26 Å². The third kappa shape index (κ3) is 4.44. The number of likely N-dealkylation sites (tertiary alicyclic amines) is 1. The minimum Gasteiger partial charge on any atom is -0.302 e. The highest BCUT2D eigenvalue weighted by atomic mass is 15.2. The fraction of sp³-hybridized carbons (Fsp3) is 0.944. The van der Waals surface area contributed by atoms with Gasteiger partial charge in [0, 0.05) is 19.1 Å². The second kappa shape index (κ2) is 7.11. The number of rotatable bonds is 4. The molecule has 1 aliphatic heterocycles. The van der Waals surface area contributed by atoms with Gasteiger partial charge >= 0.3 is 0 Å². The van der Waals surface area contributed by atoms with Crippen LogP contribution >= 0.6 is 0 Å². The quantitative estimate of drug-likeness (QED) is 0.795. The molecule has 0 radical (unpaired) electrons. The van der Waals surface area contributed by atoms with Crippen LogP contribution < -0.4 is 0 Å². The van der Waals surface area contributed by atoms with Crippen LogP contribution in [0.3, 0.4) is 0 Å². The first kappa shape index (κ1) is 16.8. The highest BCUT2D eigenvalue weighted by molar-refractivity contribution is 4.99. The summed E-state index contributed by atoms with van der Waals surface area (Å²) < 4.78 is 0. The second-order valence-corrected chi connectivity index (χ2v) is 8.21. The van der Waals surface area contributed by atoms with Crippen LogP contribution in [0.2, 0.25) is 0 Å². The Labute approximate surface area is 131 Å². The smallest absolute Gasteiger partial charge is 0.0672 e. The summed E-state index contributed by atoms with van der Waals surface area (Å²) in [5, 5.41) is 9.49. The Balaban J connectivity index is 1.91. The molecule has 2 rings (SSSR count). The second-order valence-electron chi connectivity index (χ2n) is 8.21. The van der Waals surface area contributed by atoms with E-state index in [0.717, 1.165) is 18.9 Å². The van der Waals surface area contributed by atoms with Gasteiger partial charge in [-0.2, -0.15) is 5.26 Å². The van der Waals surface area contributed by atoms with Gasteiger partial charge in [-0.25, -0.2) is 0 Å². The van der Waals surface area contributed by atoms with E-state index < -0.39 is 0 Å².